The molecule has 1 aromatic rings. The van der Waals surface area contributed by atoms with Crippen LogP contribution in [0, 0.1) is 0 Å². The first kappa shape index (κ1) is 12.6. The van der Waals surface area contributed by atoms with Crippen molar-refractivity contribution in [2.75, 3.05) is 7.11 Å². The summed E-state index contributed by atoms with van der Waals surface area (Å²) in [6.45, 7) is 8.35. The van der Waals surface area contributed by atoms with Crippen LogP contribution in [0.5, 0.6) is 5.75 Å². The molecule has 0 N–H and O–H groups in total. The molecule has 86 valence electrons. The summed E-state index contributed by atoms with van der Waals surface area (Å²) in [6.07, 6.45) is 4.32. The lowest BCUT2D eigenvalue weighted by Gasteiger charge is -2.05. The van der Waals surface area contributed by atoms with Gasteiger partial charge >= 0.3 is 0 Å². The maximum Gasteiger partial charge on any atom is 0.118 e. The summed E-state index contributed by atoms with van der Waals surface area (Å²) in [5.41, 5.74) is 3.74. The monoisotopic (exact) mass is 216 g/mol. The van der Waals surface area contributed by atoms with Gasteiger partial charge in [-0.1, -0.05) is 30.4 Å². The van der Waals surface area contributed by atoms with E-state index in [9.17, 15) is 0 Å². The van der Waals surface area contributed by atoms with E-state index >= 15 is 0 Å². The quantitative estimate of drug-likeness (QED) is 0.660. The van der Waals surface area contributed by atoms with Crippen LogP contribution in [-0.4, -0.2) is 7.11 Å². The fourth-order valence-corrected chi connectivity index (χ4v) is 1.51. The minimum Gasteiger partial charge on any atom is -0.497 e. The molecule has 0 saturated heterocycles. The molecule has 0 aliphatic carbocycles. The summed E-state index contributed by atoms with van der Waals surface area (Å²) >= 11 is 0. The minimum atomic E-state index is 0.890. The van der Waals surface area contributed by atoms with Crippen LogP contribution in [0.3, 0.4) is 0 Å². The van der Waals surface area contributed by atoms with Gasteiger partial charge in [-0.2, -0.15) is 0 Å². The van der Waals surface area contributed by atoms with Crippen LogP contribution in [0.25, 0.3) is 5.57 Å². The molecular weight excluding hydrogens is 196 g/mol. The molecule has 0 saturated carbocycles. The largest absolute Gasteiger partial charge is 0.497 e. The van der Waals surface area contributed by atoms with Gasteiger partial charge < -0.3 is 4.74 Å². The lowest BCUT2D eigenvalue weighted by atomic mass is 10.0. The number of methoxy groups -OCH3 is 1. The predicted molar refractivity (Wildman–Crippen MR) is 70.7 cm³/mol. The molecule has 0 radical (unpaired) electrons. The first-order chi connectivity index (χ1) is 7.63. The Kier molecular flexibility index (Phi) is 4.84. The molecule has 1 heteroatoms. The molecule has 0 atom stereocenters. The highest BCUT2D eigenvalue weighted by Crippen LogP contribution is 2.21. The van der Waals surface area contributed by atoms with Crippen molar-refractivity contribution in [2.45, 2.75) is 26.7 Å². The summed E-state index contributed by atoms with van der Waals surface area (Å²) in [4.78, 5) is 0. The van der Waals surface area contributed by atoms with Crippen molar-refractivity contribution in [1.29, 1.82) is 0 Å². The van der Waals surface area contributed by atoms with Gasteiger partial charge in [0.25, 0.3) is 0 Å². The number of hydrogen-bond acceptors (Lipinski definition) is 1. The number of ether oxygens (including phenoxy) is 1. The smallest absolute Gasteiger partial charge is 0.118 e. The molecule has 0 unspecified atom stereocenters. The predicted octanol–water partition coefficient (Wildman–Crippen LogP) is 4.45. The normalized spacial score (nSPS) is 9.69. The van der Waals surface area contributed by atoms with E-state index in [-0.39, 0.29) is 0 Å². The Morgan fingerprint density at radius 1 is 1.25 bits per heavy atom. The maximum absolute atomic E-state index is 5.12. The SMILES string of the molecule is C=C(CCC=C(C)C)c1ccc(OC)cc1. The number of rotatable bonds is 5. The minimum absolute atomic E-state index is 0.890. The average molecular weight is 216 g/mol. The van der Waals surface area contributed by atoms with Crippen molar-refractivity contribution in [2.24, 2.45) is 0 Å². The number of hydrogen-bond donors (Lipinski definition) is 0. The Hall–Kier alpha value is -1.50. The fraction of sp³-hybridized carbons (Fsp3) is 0.333. The van der Waals surface area contributed by atoms with E-state index in [1.807, 2.05) is 12.1 Å². The molecule has 0 aromatic heterocycles. The van der Waals surface area contributed by atoms with Gasteiger partial charge in [0.1, 0.15) is 5.75 Å². The average Bonchev–Trinajstić information content (AvgIpc) is 2.28. The molecular formula is C15H20O. The van der Waals surface area contributed by atoms with E-state index in [0.717, 1.165) is 18.6 Å². The van der Waals surface area contributed by atoms with E-state index in [1.54, 1.807) is 7.11 Å². The standard InChI is InChI=1S/C15H20O/c1-12(2)6-5-7-13(3)14-8-10-15(16-4)11-9-14/h6,8-11H,3,5,7H2,1-2,4H3. The van der Waals surface area contributed by atoms with Crippen molar-refractivity contribution in [1.82, 2.24) is 0 Å². The highest BCUT2D eigenvalue weighted by Gasteiger charge is 1.98. The molecule has 0 heterocycles. The van der Waals surface area contributed by atoms with E-state index in [4.69, 9.17) is 4.74 Å². The Morgan fingerprint density at radius 3 is 2.38 bits per heavy atom. The van der Waals surface area contributed by atoms with Crippen molar-refractivity contribution < 1.29 is 4.74 Å². The van der Waals surface area contributed by atoms with Crippen molar-refractivity contribution >= 4 is 5.57 Å². The number of benzene rings is 1. The Balaban J connectivity index is 2.56. The Labute approximate surface area is 98.5 Å². The summed E-state index contributed by atoms with van der Waals surface area (Å²) in [5.74, 6) is 0.890. The van der Waals surface area contributed by atoms with Gasteiger partial charge in [0.05, 0.1) is 7.11 Å². The Bertz CT molecular complexity index is 367. The van der Waals surface area contributed by atoms with Gasteiger partial charge in [0.15, 0.2) is 0 Å². The molecule has 0 aliphatic heterocycles. The topological polar surface area (TPSA) is 9.23 Å². The van der Waals surface area contributed by atoms with Gasteiger partial charge in [-0.3, -0.25) is 0 Å². The Morgan fingerprint density at radius 2 is 1.88 bits per heavy atom. The third-order valence-electron chi connectivity index (χ3n) is 2.50. The van der Waals surface area contributed by atoms with Crippen LogP contribution in [0.4, 0.5) is 0 Å². The molecule has 0 amide bonds. The van der Waals surface area contributed by atoms with Crippen molar-refractivity contribution in [3.8, 4) is 5.75 Å². The van der Waals surface area contributed by atoms with Crippen LogP contribution in [0.15, 0.2) is 42.5 Å². The highest BCUT2D eigenvalue weighted by atomic mass is 16.5. The van der Waals surface area contributed by atoms with Gasteiger partial charge in [-0.25, -0.2) is 0 Å². The summed E-state index contributed by atoms with van der Waals surface area (Å²) in [7, 11) is 1.68. The van der Waals surface area contributed by atoms with Crippen LogP contribution >= 0.6 is 0 Å². The zero-order valence-corrected chi connectivity index (χ0v) is 10.4. The van der Waals surface area contributed by atoms with Gasteiger partial charge in [0.2, 0.25) is 0 Å². The molecule has 0 aliphatic rings. The molecule has 0 spiro atoms. The zero-order valence-electron chi connectivity index (χ0n) is 10.4. The molecule has 1 nitrogen and oxygen atoms in total. The molecule has 1 rings (SSSR count). The summed E-state index contributed by atoms with van der Waals surface area (Å²) in [6, 6.07) is 8.07. The molecule has 16 heavy (non-hydrogen) atoms. The van der Waals surface area contributed by atoms with Crippen LogP contribution in [0.2, 0.25) is 0 Å². The molecule has 1 aromatic carbocycles. The lowest BCUT2D eigenvalue weighted by Crippen LogP contribution is -1.85. The summed E-state index contributed by atoms with van der Waals surface area (Å²) in [5, 5.41) is 0. The van der Waals surface area contributed by atoms with Gasteiger partial charge in [-0.15, -0.1) is 0 Å². The third-order valence-corrected chi connectivity index (χ3v) is 2.50. The first-order valence-corrected chi connectivity index (χ1v) is 5.59. The van der Waals surface area contributed by atoms with Crippen molar-refractivity contribution in [3.63, 3.8) is 0 Å². The van der Waals surface area contributed by atoms with E-state index < -0.39 is 0 Å². The van der Waals surface area contributed by atoms with Gasteiger partial charge in [0, 0.05) is 0 Å². The number of allylic oxidation sites excluding steroid dienone is 3. The van der Waals surface area contributed by atoms with Crippen LogP contribution < -0.4 is 4.74 Å². The highest BCUT2D eigenvalue weighted by molar-refractivity contribution is 5.63. The van der Waals surface area contributed by atoms with E-state index in [2.05, 4.69) is 38.6 Å². The second kappa shape index (κ2) is 6.16. The van der Waals surface area contributed by atoms with Crippen LogP contribution in [-0.2, 0) is 0 Å². The van der Waals surface area contributed by atoms with Gasteiger partial charge in [-0.05, 0) is 50.0 Å². The lowest BCUT2D eigenvalue weighted by molar-refractivity contribution is 0.415. The summed E-state index contributed by atoms with van der Waals surface area (Å²) < 4.78 is 5.12. The second-order valence-electron chi connectivity index (χ2n) is 4.15. The van der Waals surface area contributed by atoms with Crippen LogP contribution in [0.1, 0.15) is 32.3 Å². The van der Waals surface area contributed by atoms with Crippen molar-refractivity contribution in [3.05, 3.63) is 48.1 Å². The van der Waals surface area contributed by atoms with E-state index in [1.165, 1.54) is 16.7 Å². The molecule has 0 fully saturated rings. The maximum atomic E-state index is 5.12. The first-order valence-electron chi connectivity index (χ1n) is 5.59. The molecule has 0 bridgehead atoms. The fourth-order valence-electron chi connectivity index (χ4n) is 1.51. The zero-order chi connectivity index (χ0) is 12.0. The second-order valence-corrected chi connectivity index (χ2v) is 4.15. The van der Waals surface area contributed by atoms with E-state index in [0.29, 0.717) is 0 Å². The third kappa shape index (κ3) is 3.93.